The van der Waals surface area contributed by atoms with Crippen molar-refractivity contribution in [2.45, 2.75) is 13.0 Å². The number of anilines is 1. The molecule has 0 fully saturated rings. The molecule has 4 N–H and O–H groups in total. The Balaban J connectivity index is 2.07. The molecule has 0 amide bonds. The smallest absolute Gasteiger partial charge is 0.123 e. The van der Waals surface area contributed by atoms with Gasteiger partial charge in [0.1, 0.15) is 5.82 Å². The summed E-state index contributed by atoms with van der Waals surface area (Å²) in [5, 5.41) is 5.63. The summed E-state index contributed by atoms with van der Waals surface area (Å²) in [4.78, 5) is 7.63. The maximum atomic E-state index is 6.41. The number of halogens is 2. The molecule has 0 bridgehead atoms. The number of aromatic amines is 1. The van der Waals surface area contributed by atoms with E-state index in [1.807, 2.05) is 12.1 Å². The minimum Gasteiger partial charge on any atom is -0.384 e. The van der Waals surface area contributed by atoms with Gasteiger partial charge in [-0.05, 0) is 29.3 Å². The Kier molecular flexibility index (Phi) is 3.26. The SMILES string of the molecule is Nc1ccc(-c2cc(Cl)c(Cl)c3[nH]c4c(c23)CNCC4)cn1. The van der Waals surface area contributed by atoms with Crippen molar-refractivity contribution < 1.29 is 0 Å². The van der Waals surface area contributed by atoms with Gasteiger partial charge in [-0.15, -0.1) is 0 Å². The van der Waals surface area contributed by atoms with E-state index in [9.17, 15) is 0 Å². The summed E-state index contributed by atoms with van der Waals surface area (Å²) in [7, 11) is 0. The molecular formula is C16H14Cl2N4. The molecule has 0 atom stereocenters. The number of rotatable bonds is 1. The van der Waals surface area contributed by atoms with Crippen LogP contribution in [0, 0.1) is 0 Å². The van der Waals surface area contributed by atoms with Crippen LogP contribution in [0.25, 0.3) is 22.0 Å². The highest BCUT2D eigenvalue weighted by Crippen LogP contribution is 2.41. The van der Waals surface area contributed by atoms with Crippen LogP contribution < -0.4 is 11.1 Å². The molecule has 22 heavy (non-hydrogen) atoms. The number of H-pyrrole nitrogens is 1. The highest BCUT2D eigenvalue weighted by Gasteiger charge is 2.21. The van der Waals surface area contributed by atoms with Gasteiger partial charge < -0.3 is 16.0 Å². The van der Waals surface area contributed by atoms with Crippen LogP contribution in [0.2, 0.25) is 10.0 Å². The minimum atomic E-state index is 0.498. The zero-order valence-electron chi connectivity index (χ0n) is 11.7. The zero-order valence-corrected chi connectivity index (χ0v) is 13.2. The van der Waals surface area contributed by atoms with E-state index in [1.54, 1.807) is 12.3 Å². The predicted octanol–water partition coefficient (Wildman–Crippen LogP) is 3.76. The molecule has 1 aliphatic heterocycles. The Morgan fingerprint density at radius 3 is 2.86 bits per heavy atom. The maximum Gasteiger partial charge on any atom is 0.123 e. The average Bonchev–Trinajstić information content (AvgIpc) is 2.92. The van der Waals surface area contributed by atoms with Crippen LogP contribution in [-0.2, 0) is 13.0 Å². The van der Waals surface area contributed by atoms with Crippen LogP contribution >= 0.6 is 23.2 Å². The monoisotopic (exact) mass is 332 g/mol. The lowest BCUT2D eigenvalue weighted by atomic mass is 9.97. The van der Waals surface area contributed by atoms with E-state index in [-0.39, 0.29) is 0 Å². The molecule has 1 aliphatic rings. The quantitative estimate of drug-likeness (QED) is 0.635. The molecule has 4 nitrogen and oxygen atoms in total. The topological polar surface area (TPSA) is 66.7 Å². The highest BCUT2D eigenvalue weighted by atomic mass is 35.5. The lowest BCUT2D eigenvalue weighted by molar-refractivity contribution is 0.641. The molecular weight excluding hydrogens is 319 g/mol. The van der Waals surface area contributed by atoms with Crippen molar-refractivity contribution >= 4 is 39.9 Å². The Morgan fingerprint density at radius 1 is 1.23 bits per heavy atom. The zero-order chi connectivity index (χ0) is 15.3. The van der Waals surface area contributed by atoms with E-state index in [0.29, 0.717) is 15.9 Å². The molecule has 6 heteroatoms. The third-order valence-electron chi connectivity index (χ3n) is 4.11. The number of nitrogens with one attached hydrogen (secondary N) is 2. The molecule has 0 aliphatic carbocycles. The largest absolute Gasteiger partial charge is 0.384 e. The van der Waals surface area contributed by atoms with E-state index < -0.39 is 0 Å². The number of nitrogens with two attached hydrogens (primary N) is 1. The molecule has 4 rings (SSSR count). The summed E-state index contributed by atoms with van der Waals surface area (Å²) >= 11 is 12.7. The van der Waals surface area contributed by atoms with Crippen LogP contribution in [0.5, 0.6) is 0 Å². The standard InChI is InChI=1S/C16H14Cl2N4/c17-11-5-9(8-1-2-13(19)21-6-8)14-10-7-20-4-3-12(10)22-16(14)15(11)18/h1-2,5-6,20,22H,3-4,7H2,(H2,19,21). The third-order valence-corrected chi connectivity index (χ3v) is 4.90. The highest BCUT2D eigenvalue weighted by molar-refractivity contribution is 6.45. The van der Waals surface area contributed by atoms with Crippen LogP contribution in [0.4, 0.5) is 5.82 Å². The predicted molar refractivity (Wildman–Crippen MR) is 91.4 cm³/mol. The molecule has 112 valence electrons. The minimum absolute atomic E-state index is 0.498. The van der Waals surface area contributed by atoms with Gasteiger partial charge in [-0.25, -0.2) is 4.98 Å². The van der Waals surface area contributed by atoms with Gasteiger partial charge in [0.05, 0.1) is 15.6 Å². The van der Waals surface area contributed by atoms with Crippen LogP contribution in [-0.4, -0.2) is 16.5 Å². The van der Waals surface area contributed by atoms with Crippen LogP contribution in [0.15, 0.2) is 24.4 Å². The van der Waals surface area contributed by atoms with Crippen molar-refractivity contribution in [3.8, 4) is 11.1 Å². The number of fused-ring (bicyclic) bond motifs is 3. The summed E-state index contributed by atoms with van der Waals surface area (Å²) in [6.45, 7) is 1.78. The van der Waals surface area contributed by atoms with Gasteiger partial charge in [-0.2, -0.15) is 0 Å². The van der Waals surface area contributed by atoms with Crippen LogP contribution in [0.1, 0.15) is 11.3 Å². The average molecular weight is 333 g/mol. The van der Waals surface area contributed by atoms with E-state index in [0.717, 1.165) is 41.5 Å². The Hall–Kier alpha value is -1.75. The molecule has 0 saturated carbocycles. The fourth-order valence-corrected chi connectivity index (χ4v) is 3.46. The van der Waals surface area contributed by atoms with Crippen molar-refractivity contribution in [3.05, 3.63) is 45.7 Å². The summed E-state index contributed by atoms with van der Waals surface area (Å²) in [6.07, 6.45) is 2.72. The van der Waals surface area contributed by atoms with Gasteiger partial charge in [0.2, 0.25) is 0 Å². The van der Waals surface area contributed by atoms with E-state index in [4.69, 9.17) is 28.9 Å². The second kappa shape index (κ2) is 5.16. The van der Waals surface area contributed by atoms with Crippen LogP contribution in [0.3, 0.4) is 0 Å². The number of nitrogen functional groups attached to an aromatic ring is 1. The number of hydrogen-bond donors (Lipinski definition) is 3. The lowest BCUT2D eigenvalue weighted by Crippen LogP contribution is -2.22. The van der Waals surface area contributed by atoms with Gasteiger partial charge in [0.25, 0.3) is 0 Å². The lowest BCUT2D eigenvalue weighted by Gasteiger charge is -2.14. The van der Waals surface area contributed by atoms with E-state index >= 15 is 0 Å². The summed E-state index contributed by atoms with van der Waals surface area (Å²) in [6, 6.07) is 5.65. The van der Waals surface area contributed by atoms with Gasteiger partial charge in [-0.3, -0.25) is 0 Å². The fourth-order valence-electron chi connectivity index (χ4n) is 3.06. The maximum absolute atomic E-state index is 6.41. The fraction of sp³-hybridized carbons (Fsp3) is 0.188. The van der Waals surface area contributed by atoms with Gasteiger partial charge in [-0.1, -0.05) is 23.2 Å². The second-order valence-corrected chi connectivity index (χ2v) is 6.24. The normalized spacial score (nSPS) is 14.3. The molecule has 3 heterocycles. The van der Waals surface area contributed by atoms with Gasteiger partial charge in [0.15, 0.2) is 0 Å². The Bertz CT molecular complexity index is 868. The summed E-state index contributed by atoms with van der Waals surface area (Å²) < 4.78 is 0. The summed E-state index contributed by atoms with van der Waals surface area (Å²) in [5.41, 5.74) is 11.1. The van der Waals surface area contributed by atoms with E-state index in [1.165, 1.54) is 11.3 Å². The second-order valence-electron chi connectivity index (χ2n) is 5.45. The number of benzene rings is 1. The van der Waals surface area contributed by atoms with Gasteiger partial charge >= 0.3 is 0 Å². The first-order valence-electron chi connectivity index (χ1n) is 7.09. The van der Waals surface area contributed by atoms with Crippen molar-refractivity contribution in [2.24, 2.45) is 0 Å². The molecule has 1 aromatic carbocycles. The molecule has 0 spiro atoms. The molecule has 2 aromatic heterocycles. The van der Waals surface area contributed by atoms with Crippen molar-refractivity contribution in [3.63, 3.8) is 0 Å². The first-order valence-corrected chi connectivity index (χ1v) is 7.85. The molecule has 0 unspecified atom stereocenters. The number of nitrogens with zero attached hydrogens (tertiary/aromatic N) is 1. The Morgan fingerprint density at radius 2 is 2.09 bits per heavy atom. The number of pyridine rings is 1. The number of aromatic nitrogens is 2. The first kappa shape index (κ1) is 13.9. The van der Waals surface area contributed by atoms with Crippen molar-refractivity contribution in [1.82, 2.24) is 15.3 Å². The third kappa shape index (κ3) is 2.07. The molecule has 3 aromatic rings. The summed E-state index contributed by atoms with van der Waals surface area (Å²) in [5.74, 6) is 0.498. The van der Waals surface area contributed by atoms with E-state index in [2.05, 4.69) is 15.3 Å². The Labute approximate surface area is 137 Å². The van der Waals surface area contributed by atoms with Gasteiger partial charge in [0, 0.05) is 42.4 Å². The number of hydrogen-bond acceptors (Lipinski definition) is 3. The molecule has 0 saturated heterocycles. The van der Waals surface area contributed by atoms with Crippen molar-refractivity contribution in [1.29, 1.82) is 0 Å². The first-order chi connectivity index (χ1) is 10.6. The molecule has 0 radical (unpaired) electrons. The van der Waals surface area contributed by atoms with Crippen molar-refractivity contribution in [2.75, 3.05) is 12.3 Å².